The molecule has 0 radical (unpaired) electrons. The molecule has 0 fully saturated rings. The number of hydrogen-bond acceptors (Lipinski definition) is 4. The predicted octanol–water partition coefficient (Wildman–Crippen LogP) is 4.52. The van der Waals surface area contributed by atoms with Gasteiger partial charge in [0.2, 0.25) is 0 Å². The van der Waals surface area contributed by atoms with Crippen LogP contribution < -0.4 is 5.32 Å². The minimum absolute atomic E-state index is 0.133. The number of carbonyl (C=O) groups is 1. The Bertz CT molecular complexity index is 629. The van der Waals surface area contributed by atoms with Crippen molar-refractivity contribution in [1.29, 1.82) is 0 Å². The van der Waals surface area contributed by atoms with E-state index in [9.17, 15) is 4.79 Å². The van der Waals surface area contributed by atoms with Crippen LogP contribution in [-0.4, -0.2) is 16.3 Å². The number of aldehydes is 1. The quantitative estimate of drug-likeness (QED) is 0.603. The van der Waals surface area contributed by atoms with E-state index in [-0.39, 0.29) is 10.7 Å². The lowest BCUT2D eigenvalue weighted by Gasteiger charge is -2.12. The highest BCUT2D eigenvalue weighted by atomic mass is 79.9. The molecule has 4 nitrogen and oxygen atoms in total. The second kappa shape index (κ2) is 5.98. The molecule has 0 atom stereocenters. The Hall–Kier alpha value is -0.980. The lowest BCUT2D eigenvalue weighted by Crippen LogP contribution is -2.04. The van der Waals surface area contributed by atoms with Gasteiger partial charge in [-0.1, -0.05) is 17.7 Å². The molecule has 0 amide bonds. The molecule has 19 heavy (non-hydrogen) atoms. The van der Waals surface area contributed by atoms with Gasteiger partial charge in [-0.2, -0.15) is 0 Å². The second-order valence-electron chi connectivity index (χ2n) is 3.66. The summed E-state index contributed by atoms with van der Waals surface area (Å²) in [7, 11) is 0. The molecule has 0 saturated carbocycles. The van der Waals surface area contributed by atoms with Crippen LogP contribution in [-0.2, 0) is 0 Å². The van der Waals surface area contributed by atoms with E-state index >= 15 is 0 Å². The summed E-state index contributed by atoms with van der Waals surface area (Å²) < 4.78 is 1.68. The zero-order valence-electron chi connectivity index (χ0n) is 9.75. The monoisotopic (exact) mass is 403 g/mol. The average Bonchev–Trinajstić information content (AvgIpc) is 2.33. The first kappa shape index (κ1) is 14.4. The summed E-state index contributed by atoms with van der Waals surface area (Å²) >= 11 is 12.8. The van der Waals surface area contributed by atoms with Crippen LogP contribution >= 0.6 is 43.5 Å². The fourth-order valence-corrected chi connectivity index (χ4v) is 2.94. The van der Waals surface area contributed by atoms with Crippen molar-refractivity contribution in [2.75, 3.05) is 5.32 Å². The van der Waals surface area contributed by atoms with E-state index in [1.54, 1.807) is 6.92 Å². The minimum atomic E-state index is 0.133. The van der Waals surface area contributed by atoms with Gasteiger partial charge in [0.15, 0.2) is 6.29 Å². The van der Waals surface area contributed by atoms with Crippen molar-refractivity contribution in [3.05, 3.63) is 43.7 Å². The van der Waals surface area contributed by atoms with Crippen molar-refractivity contribution in [2.24, 2.45) is 0 Å². The van der Waals surface area contributed by atoms with Crippen molar-refractivity contribution >= 4 is 61.3 Å². The predicted molar refractivity (Wildman–Crippen MR) is 82.3 cm³/mol. The first-order chi connectivity index (χ1) is 9.02. The van der Waals surface area contributed by atoms with Gasteiger partial charge < -0.3 is 5.32 Å². The fraction of sp³-hybridized carbons (Fsp3) is 0.0833. The highest BCUT2D eigenvalue weighted by molar-refractivity contribution is 9.11. The topological polar surface area (TPSA) is 54.9 Å². The molecule has 0 aliphatic rings. The van der Waals surface area contributed by atoms with Gasteiger partial charge in [0.05, 0.1) is 11.3 Å². The van der Waals surface area contributed by atoms with E-state index in [4.69, 9.17) is 11.6 Å². The molecule has 0 saturated heterocycles. The summed E-state index contributed by atoms with van der Waals surface area (Å²) in [5.41, 5.74) is 0.995. The number of halogens is 3. The Morgan fingerprint density at radius 1 is 1.26 bits per heavy atom. The van der Waals surface area contributed by atoms with Crippen LogP contribution in [0.1, 0.15) is 16.2 Å². The number of carbonyl (C=O) groups excluding carboxylic acids is 1. The number of anilines is 2. The fourth-order valence-electron chi connectivity index (χ4n) is 1.48. The van der Waals surface area contributed by atoms with Gasteiger partial charge in [0.25, 0.3) is 0 Å². The number of nitrogens with zero attached hydrogens (tertiary/aromatic N) is 2. The Kier molecular flexibility index (Phi) is 4.54. The van der Waals surface area contributed by atoms with Gasteiger partial charge in [-0.05, 0) is 50.9 Å². The lowest BCUT2D eigenvalue weighted by molar-refractivity contribution is 0.112. The van der Waals surface area contributed by atoms with Crippen LogP contribution in [0.15, 0.2) is 27.1 Å². The summed E-state index contributed by atoms with van der Waals surface area (Å²) in [6.45, 7) is 1.71. The molecular weight excluding hydrogens is 397 g/mol. The van der Waals surface area contributed by atoms with Gasteiger partial charge in [0.1, 0.15) is 16.8 Å². The molecule has 2 aromatic rings. The second-order valence-corrected chi connectivity index (χ2v) is 5.73. The van der Waals surface area contributed by atoms with E-state index in [1.165, 1.54) is 0 Å². The number of rotatable bonds is 3. The molecular formula is C12H8Br2ClN3O. The number of aromatic nitrogens is 2. The van der Waals surface area contributed by atoms with Crippen LogP contribution in [0.3, 0.4) is 0 Å². The van der Waals surface area contributed by atoms with E-state index in [2.05, 4.69) is 47.1 Å². The number of nitrogens with one attached hydrogen (secondary N) is 1. The van der Waals surface area contributed by atoms with Crippen molar-refractivity contribution < 1.29 is 4.79 Å². The van der Waals surface area contributed by atoms with Gasteiger partial charge in [-0.3, -0.25) is 4.79 Å². The molecule has 0 aliphatic heterocycles. The molecule has 7 heteroatoms. The van der Waals surface area contributed by atoms with Crippen molar-refractivity contribution in [2.45, 2.75) is 6.92 Å². The van der Waals surface area contributed by atoms with Gasteiger partial charge in [0, 0.05) is 8.95 Å². The minimum Gasteiger partial charge on any atom is -0.338 e. The zero-order chi connectivity index (χ0) is 14.0. The third-order valence-electron chi connectivity index (χ3n) is 2.33. The molecule has 0 aliphatic carbocycles. The van der Waals surface area contributed by atoms with Gasteiger partial charge in [-0.25, -0.2) is 9.97 Å². The van der Waals surface area contributed by atoms with Crippen LogP contribution in [0.4, 0.5) is 11.5 Å². The van der Waals surface area contributed by atoms with Crippen molar-refractivity contribution in [1.82, 2.24) is 9.97 Å². The van der Waals surface area contributed by atoms with Crippen molar-refractivity contribution in [3.8, 4) is 0 Å². The number of aryl methyl sites for hydroxylation is 1. The maximum Gasteiger partial charge on any atom is 0.156 e. The molecule has 1 aromatic heterocycles. The Morgan fingerprint density at radius 2 is 1.89 bits per heavy atom. The first-order valence-corrected chi connectivity index (χ1v) is 7.19. The smallest absolute Gasteiger partial charge is 0.156 e. The van der Waals surface area contributed by atoms with Gasteiger partial charge >= 0.3 is 0 Å². The summed E-state index contributed by atoms with van der Waals surface area (Å²) in [6, 6.07) is 5.64. The molecule has 0 bridgehead atoms. The standard InChI is InChI=1S/C12H8Br2ClN3O/c1-6-16-11(15)7(5-19)12(17-6)18-10-8(13)3-2-4-9(10)14/h2-5H,1H3,(H,16,17,18). The Balaban J connectivity index is 2.52. The average molecular weight is 405 g/mol. The van der Waals surface area contributed by atoms with E-state index < -0.39 is 0 Å². The molecule has 98 valence electrons. The summed E-state index contributed by atoms with van der Waals surface area (Å²) in [5.74, 6) is 0.862. The molecule has 1 heterocycles. The Morgan fingerprint density at radius 3 is 2.47 bits per heavy atom. The van der Waals surface area contributed by atoms with Crippen molar-refractivity contribution in [3.63, 3.8) is 0 Å². The number of hydrogen-bond donors (Lipinski definition) is 1. The van der Waals surface area contributed by atoms with E-state index in [1.807, 2.05) is 18.2 Å². The SMILES string of the molecule is Cc1nc(Cl)c(C=O)c(Nc2c(Br)cccc2Br)n1. The number of benzene rings is 1. The maximum atomic E-state index is 11.1. The highest BCUT2D eigenvalue weighted by Gasteiger charge is 2.13. The third-order valence-corrected chi connectivity index (χ3v) is 3.94. The normalized spacial score (nSPS) is 10.3. The van der Waals surface area contributed by atoms with Crippen LogP contribution in [0, 0.1) is 6.92 Å². The van der Waals surface area contributed by atoms with Crippen LogP contribution in [0.2, 0.25) is 5.15 Å². The maximum absolute atomic E-state index is 11.1. The molecule has 1 aromatic carbocycles. The Labute approximate surface area is 131 Å². The largest absolute Gasteiger partial charge is 0.338 e. The summed E-state index contributed by atoms with van der Waals surface area (Å²) in [6.07, 6.45) is 0.634. The van der Waals surface area contributed by atoms with Crippen LogP contribution in [0.5, 0.6) is 0 Å². The number of para-hydroxylation sites is 1. The first-order valence-electron chi connectivity index (χ1n) is 5.23. The van der Waals surface area contributed by atoms with E-state index in [0.717, 1.165) is 14.6 Å². The summed E-state index contributed by atoms with van der Waals surface area (Å²) in [5, 5.41) is 3.21. The van der Waals surface area contributed by atoms with E-state index in [0.29, 0.717) is 17.9 Å². The molecule has 2 rings (SSSR count). The highest BCUT2D eigenvalue weighted by Crippen LogP contribution is 2.34. The lowest BCUT2D eigenvalue weighted by atomic mass is 10.3. The van der Waals surface area contributed by atoms with Gasteiger partial charge in [-0.15, -0.1) is 0 Å². The summed E-state index contributed by atoms with van der Waals surface area (Å²) in [4.78, 5) is 19.2. The molecule has 1 N–H and O–H groups in total. The third kappa shape index (κ3) is 3.13. The molecule has 0 spiro atoms. The van der Waals surface area contributed by atoms with Crippen LogP contribution in [0.25, 0.3) is 0 Å². The zero-order valence-corrected chi connectivity index (χ0v) is 13.7. The molecule has 0 unspecified atom stereocenters.